The maximum atomic E-state index is 12.9. The van der Waals surface area contributed by atoms with Gasteiger partial charge in [0.15, 0.2) is 6.29 Å². The first-order chi connectivity index (χ1) is 14.9. The number of carbonyl (C=O) groups excluding carboxylic acids is 2. The van der Waals surface area contributed by atoms with E-state index in [0.29, 0.717) is 23.7 Å². The Labute approximate surface area is 187 Å². The van der Waals surface area contributed by atoms with E-state index in [2.05, 4.69) is 5.32 Å². The van der Waals surface area contributed by atoms with Crippen molar-refractivity contribution in [3.05, 3.63) is 64.1 Å². The normalized spacial score (nSPS) is 14.8. The molecule has 0 aliphatic carbocycles. The Kier molecular flexibility index (Phi) is 7.90. The number of hydrogen-bond donors (Lipinski definition) is 1. The molecule has 6 nitrogen and oxygen atoms in total. The molecule has 0 fully saturated rings. The lowest BCUT2D eigenvalue weighted by Crippen LogP contribution is -2.35. The van der Waals surface area contributed by atoms with Crippen molar-refractivity contribution < 1.29 is 19.1 Å². The van der Waals surface area contributed by atoms with Crippen molar-refractivity contribution in [2.75, 3.05) is 31.7 Å². The van der Waals surface area contributed by atoms with Crippen LogP contribution in [0.3, 0.4) is 0 Å². The van der Waals surface area contributed by atoms with Gasteiger partial charge in [0.2, 0.25) is 0 Å². The number of thioether (sulfide) groups is 1. The SMILES string of the molecule is CCOC(CNC(=O)c1ccc2c(c1)N(C)C(=O)/C(=C/c1ccccc1C)S2)OCC. The Hall–Kier alpha value is -2.61. The van der Waals surface area contributed by atoms with E-state index in [1.54, 1.807) is 24.1 Å². The molecular formula is C24H28N2O4S. The van der Waals surface area contributed by atoms with Gasteiger partial charge in [-0.15, -0.1) is 0 Å². The molecule has 3 rings (SSSR count). The van der Waals surface area contributed by atoms with E-state index < -0.39 is 6.29 Å². The first-order valence-electron chi connectivity index (χ1n) is 10.3. The molecule has 0 spiro atoms. The Balaban J connectivity index is 1.77. The van der Waals surface area contributed by atoms with Crippen molar-refractivity contribution in [1.82, 2.24) is 5.32 Å². The molecule has 0 aromatic heterocycles. The van der Waals surface area contributed by atoms with Crippen LogP contribution in [0.1, 0.15) is 35.3 Å². The molecule has 1 heterocycles. The molecule has 164 valence electrons. The summed E-state index contributed by atoms with van der Waals surface area (Å²) in [7, 11) is 1.73. The highest BCUT2D eigenvalue weighted by Crippen LogP contribution is 2.42. The van der Waals surface area contributed by atoms with Crippen LogP contribution < -0.4 is 10.2 Å². The van der Waals surface area contributed by atoms with E-state index in [0.717, 1.165) is 21.7 Å². The van der Waals surface area contributed by atoms with Crippen LogP contribution in [0.5, 0.6) is 0 Å². The molecule has 2 aromatic carbocycles. The highest BCUT2D eigenvalue weighted by Gasteiger charge is 2.27. The quantitative estimate of drug-likeness (QED) is 0.491. The number of amides is 2. The van der Waals surface area contributed by atoms with Crippen molar-refractivity contribution in [3.63, 3.8) is 0 Å². The summed E-state index contributed by atoms with van der Waals surface area (Å²) in [6.07, 6.45) is 1.44. The number of rotatable bonds is 8. The molecule has 0 atom stereocenters. The smallest absolute Gasteiger partial charge is 0.264 e. The Morgan fingerprint density at radius 2 is 1.87 bits per heavy atom. The number of likely N-dealkylation sites (N-methyl/N-ethyl adjacent to an activating group) is 1. The van der Waals surface area contributed by atoms with Gasteiger partial charge in [-0.25, -0.2) is 0 Å². The molecule has 0 saturated carbocycles. The van der Waals surface area contributed by atoms with Crippen LogP contribution >= 0.6 is 11.8 Å². The average Bonchev–Trinajstić information content (AvgIpc) is 2.77. The van der Waals surface area contributed by atoms with Crippen LogP contribution in [0.25, 0.3) is 6.08 Å². The third-order valence-corrected chi connectivity index (χ3v) is 6.00. The minimum atomic E-state index is -0.481. The lowest BCUT2D eigenvalue weighted by atomic mass is 10.1. The van der Waals surface area contributed by atoms with Crippen molar-refractivity contribution in [2.24, 2.45) is 0 Å². The summed E-state index contributed by atoms with van der Waals surface area (Å²) < 4.78 is 10.9. The zero-order valence-corrected chi connectivity index (χ0v) is 19.1. The zero-order valence-electron chi connectivity index (χ0n) is 18.3. The second-order valence-corrected chi connectivity index (χ2v) is 8.15. The fourth-order valence-electron chi connectivity index (χ4n) is 3.24. The predicted molar refractivity (Wildman–Crippen MR) is 124 cm³/mol. The second kappa shape index (κ2) is 10.6. The molecule has 1 aliphatic heterocycles. The number of ether oxygens (including phenoxy) is 2. The number of hydrogen-bond acceptors (Lipinski definition) is 5. The van der Waals surface area contributed by atoms with Gasteiger partial charge >= 0.3 is 0 Å². The number of aryl methyl sites for hydroxylation is 1. The van der Waals surface area contributed by atoms with E-state index in [9.17, 15) is 9.59 Å². The number of anilines is 1. The molecule has 2 aromatic rings. The van der Waals surface area contributed by atoms with Crippen LogP contribution in [0, 0.1) is 6.92 Å². The van der Waals surface area contributed by atoms with E-state index in [-0.39, 0.29) is 18.4 Å². The number of nitrogens with zero attached hydrogens (tertiary/aromatic N) is 1. The molecule has 31 heavy (non-hydrogen) atoms. The highest BCUT2D eigenvalue weighted by molar-refractivity contribution is 8.04. The molecule has 2 amide bonds. The minimum absolute atomic E-state index is 0.0916. The topological polar surface area (TPSA) is 67.9 Å². The van der Waals surface area contributed by atoms with Gasteiger partial charge in [-0.2, -0.15) is 0 Å². The highest BCUT2D eigenvalue weighted by atomic mass is 32.2. The molecular weight excluding hydrogens is 412 g/mol. The molecule has 0 radical (unpaired) electrons. The molecule has 0 saturated heterocycles. The summed E-state index contributed by atoms with van der Waals surface area (Å²) in [6.45, 7) is 7.04. The van der Waals surface area contributed by atoms with Gasteiger partial charge in [0.05, 0.1) is 17.1 Å². The first kappa shape index (κ1) is 23.1. The van der Waals surface area contributed by atoms with Crippen molar-refractivity contribution in [1.29, 1.82) is 0 Å². The van der Waals surface area contributed by atoms with E-state index >= 15 is 0 Å². The minimum Gasteiger partial charge on any atom is -0.351 e. The van der Waals surface area contributed by atoms with Gasteiger partial charge in [0, 0.05) is 30.7 Å². The summed E-state index contributed by atoms with van der Waals surface area (Å²) in [5, 5.41) is 2.84. The van der Waals surface area contributed by atoms with Crippen LogP contribution in [-0.2, 0) is 14.3 Å². The zero-order chi connectivity index (χ0) is 22.4. The predicted octanol–water partition coefficient (Wildman–Crippen LogP) is 4.23. The summed E-state index contributed by atoms with van der Waals surface area (Å²) in [5.74, 6) is -0.328. The van der Waals surface area contributed by atoms with Gasteiger partial charge in [-0.3, -0.25) is 9.59 Å². The van der Waals surface area contributed by atoms with Gasteiger partial charge < -0.3 is 19.7 Å². The molecule has 1 N–H and O–H groups in total. The second-order valence-electron chi connectivity index (χ2n) is 7.06. The Morgan fingerprint density at radius 1 is 1.16 bits per heavy atom. The van der Waals surface area contributed by atoms with E-state index in [1.807, 2.05) is 57.2 Å². The van der Waals surface area contributed by atoms with Crippen LogP contribution in [0.15, 0.2) is 52.3 Å². The largest absolute Gasteiger partial charge is 0.351 e. The maximum Gasteiger partial charge on any atom is 0.264 e. The number of benzene rings is 2. The lowest BCUT2D eigenvalue weighted by molar-refractivity contribution is -0.131. The van der Waals surface area contributed by atoms with E-state index in [1.165, 1.54) is 11.8 Å². The van der Waals surface area contributed by atoms with Crippen molar-refractivity contribution in [2.45, 2.75) is 32.0 Å². The maximum absolute atomic E-state index is 12.9. The Morgan fingerprint density at radius 3 is 2.55 bits per heavy atom. The van der Waals surface area contributed by atoms with E-state index in [4.69, 9.17) is 9.47 Å². The number of nitrogens with one attached hydrogen (secondary N) is 1. The van der Waals surface area contributed by atoms with Crippen LogP contribution in [0.2, 0.25) is 0 Å². The summed E-state index contributed by atoms with van der Waals surface area (Å²) >= 11 is 1.42. The number of carbonyl (C=O) groups is 2. The summed E-state index contributed by atoms with van der Waals surface area (Å²) in [6, 6.07) is 13.4. The van der Waals surface area contributed by atoms with Gasteiger partial charge in [-0.05, 0) is 56.2 Å². The first-order valence-corrected chi connectivity index (χ1v) is 11.1. The van der Waals surface area contributed by atoms with Crippen LogP contribution in [0.4, 0.5) is 5.69 Å². The Bertz CT molecular complexity index is 983. The monoisotopic (exact) mass is 440 g/mol. The van der Waals surface area contributed by atoms with Crippen molar-refractivity contribution in [3.8, 4) is 0 Å². The standard InChI is InChI=1S/C24H28N2O4S/c1-5-29-22(30-6-2)15-25-23(27)18-11-12-20-19(13-18)26(4)24(28)21(31-20)14-17-10-8-7-9-16(17)3/h7-14,22H,5-6,15H2,1-4H3,(H,25,27)/b21-14-. The average molecular weight is 441 g/mol. The molecule has 0 unspecified atom stereocenters. The molecule has 0 bridgehead atoms. The van der Waals surface area contributed by atoms with Crippen LogP contribution in [-0.4, -0.2) is 44.9 Å². The third kappa shape index (κ3) is 5.55. The van der Waals surface area contributed by atoms with Gasteiger partial charge in [-0.1, -0.05) is 36.0 Å². The third-order valence-electron chi connectivity index (χ3n) is 4.93. The van der Waals surface area contributed by atoms with Gasteiger partial charge in [0.25, 0.3) is 11.8 Å². The number of fused-ring (bicyclic) bond motifs is 1. The fourth-order valence-corrected chi connectivity index (χ4v) is 4.32. The fraction of sp³-hybridized carbons (Fsp3) is 0.333. The molecule has 7 heteroatoms. The summed E-state index contributed by atoms with van der Waals surface area (Å²) in [5.41, 5.74) is 3.33. The lowest BCUT2D eigenvalue weighted by Gasteiger charge is -2.27. The van der Waals surface area contributed by atoms with Gasteiger partial charge in [0.1, 0.15) is 0 Å². The summed E-state index contributed by atoms with van der Waals surface area (Å²) in [4.78, 5) is 28.8. The molecule has 1 aliphatic rings. The van der Waals surface area contributed by atoms with Crippen molar-refractivity contribution >= 4 is 35.3 Å².